The Bertz CT molecular complexity index is 750. The summed E-state index contributed by atoms with van der Waals surface area (Å²) in [4.78, 5) is 14.5. The number of nitrogens with zero attached hydrogens (tertiary/aromatic N) is 1. The predicted octanol–water partition coefficient (Wildman–Crippen LogP) is 4.22. The molecule has 1 aliphatic rings. The highest BCUT2D eigenvalue weighted by Gasteiger charge is 2.34. The molecule has 0 spiro atoms. The number of carbonyl (C=O) groups is 1. The SMILES string of the molecule is CC(Oc1ccc(F)cc1Cl)C(=O)N1c2ccccc2CC1C. The van der Waals surface area contributed by atoms with Crippen molar-refractivity contribution in [3.05, 3.63) is 58.9 Å². The lowest BCUT2D eigenvalue weighted by Gasteiger charge is -2.26. The van der Waals surface area contributed by atoms with Crippen LogP contribution in [0.2, 0.25) is 5.02 Å². The molecule has 2 aromatic carbocycles. The number of hydrogen-bond acceptors (Lipinski definition) is 2. The summed E-state index contributed by atoms with van der Waals surface area (Å²) in [5.41, 5.74) is 2.08. The lowest BCUT2D eigenvalue weighted by Crippen LogP contribution is -2.43. The van der Waals surface area contributed by atoms with Crippen LogP contribution in [0.1, 0.15) is 19.4 Å². The van der Waals surface area contributed by atoms with Gasteiger partial charge in [0.25, 0.3) is 5.91 Å². The first-order valence-electron chi connectivity index (χ1n) is 7.50. The molecule has 1 amide bonds. The van der Waals surface area contributed by atoms with Crippen molar-refractivity contribution in [2.75, 3.05) is 4.90 Å². The van der Waals surface area contributed by atoms with Crippen LogP contribution in [0.15, 0.2) is 42.5 Å². The molecule has 0 N–H and O–H groups in total. The molecule has 2 atom stereocenters. The highest BCUT2D eigenvalue weighted by atomic mass is 35.5. The summed E-state index contributed by atoms with van der Waals surface area (Å²) >= 11 is 5.96. The number of anilines is 1. The second-order valence-corrected chi connectivity index (χ2v) is 6.13. The monoisotopic (exact) mass is 333 g/mol. The molecule has 1 aliphatic heterocycles. The zero-order valence-electron chi connectivity index (χ0n) is 12.9. The molecule has 23 heavy (non-hydrogen) atoms. The Morgan fingerprint density at radius 2 is 2.09 bits per heavy atom. The third-order valence-corrected chi connectivity index (χ3v) is 4.29. The van der Waals surface area contributed by atoms with Crippen molar-refractivity contribution in [1.29, 1.82) is 0 Å². The molecule has 120 valence electrons. The summed E-state index contributed by atoms with van der Waals surface area (Å²) in [5.74, 6) is -0.277. The standard InChI is InChI=1S/C18H17ClFNO2/c1-11-9-13-5-3-4-6-16(13)21(11)18(22)12(2)23-17-8-7-14(20)10-15(17)19/h3-8,10-12H,9H2,1-2H3. The Hall–Kier alpha value is -2.07. The number of carbonyl (C=O) groups excluding carboxylic acids is 1. The minimum Gasteiger partial charge on any atom is -0.479 e. The number of halogens is 2. The van der Waals surface area contributed by atoms with Gasteiger partial charge in [-0.25, -0.2) is 4.39 Å². The number of ether oxygens (including phenoxy) is 1. The molecule has 0 saturated heterocycles. The highest BCUT2D eigenvalue weighted by Crippen LogP contribution is 2.33. The van der Waals surface area contributed by atoms with Gasteiger partial charge in [0.05, 0.1) is 5.02 Å². The molecule has 0 fully saturated rings. The maximum absolute atomic E-state index is 13.1. The van der Waals surface area contributed by atoms with Gasteiger partial charge in [-0.1, -0.05) is 29.8 Å². The fourth-order valence-corrected chi connectivity index (χ4v) is 3.12. The Morgan fingerprint density at radius 1 is 1.35 bits per heavy atom. The summed E-state index contributed by atoms with van der Waals surface area (Å²) in [6.07, 6.45) is 0.109. The Labute approximate surface area is 139 Å². The number of hydrogen-bond donors (Lipinski definition) is 0. The lowest BCUT2D eigenvalue weighted by molar-refractivity contribution is -0.124. The van der Waals surface area contributed by atoms with Crippen molar-refractivity contribution in [2.45, 2.75) is 32.4 Å². The first kappa shape index (κ1) is 15.8. The van der Waals surface area contributed by atoms with Gasteiger partial charge < -0.3 is 9.64 Å². The first-order valence-corrected chi connectivity index (χ1v) is 7.88. The van der Waals surface area contributed by atoms with Crippen molar-refractivity contribution in [1.82, 2.24) is 0 Å². The van der Waals surface area contributed by atoms with Gasteiger partial charge in [0.2, 0.25) is 0 Å². The van der Waals surface area contributed by atoms with Crippen molar-refractivity contribution >= 4 is 23.2 Å². The van der Waals surface area contributed by atoms with E-state index in [0.717, 1.165) is 17.7 Å². The van der Waals surface area contributed by atoms with Crippen molar-refractivity contribution in [3.63, 3.8) is 0 Å². The summed E-state index contributed by atoms with van der Waals surface area (Å²) in [5, 5.41) is 0.152. The second-order valence-electron chi connectivity index (χ2n) is 5.72. The first-order chi connectivity index (χ1) is 11.0. The highest BCUT2D eigenvalue weighted by molar-refractivity contribution is 6.32. The average molecular weight is 334 g/mol. The zero-order valence-corrected chi connectivity index (χ0v) is 13.7. The minimum absolute atomic E-state index is 0.0784. The second kappa shape index (κ2) is 6.20. The normalized spacial score (nSPS) is 17.7. The summed E-state index contributed by atoms with van der Waals surface area (Å²) < 4.78 is 18.7. The van der Waals surface area contributed by atoms with Crippen LogP contribution in [0.5, 0.6) is 5.75 Å². The maximum Gasteiger partial charge on any atom is 0.268 e. The third-order valence-electron chi connectivity index (χ3n) is 3.99. The quantitative estimate of drug-likeness (QED) is 0.841. The van der Waals surface area contributed by atoms with Gasteiger partial charge in [0.1, 0.15) is 11.6 Å². The molecule has 0 radical (unpaired) electrons. The van der Waals surface area contributed by atoms with E-state index in [1.54, 1.807) is 11.8 Å². The largest absolute Gasteiger partial charge is 0.479 e. The molecule has 0 saturated carbocycles. The van der Waals surface area contributed by atoms with Crippen LogP contribution in [-0.4, -0.2) is 18.1 Å². The van der Waals surface area contributed by atoms with Gasteiger partial charge in [-0.3, -0.25) is 4.79 Å². The van der Waals surface area contributed by atoms with E-state index < -0.39 is 11.9 Å². The topological polar surface area (TPSA) is 29.5 Å². The molecule has 0 aromatic heterocycles. The molecule has 0 bridgehead atoms. The molecular weight excluding hydrogens is 317 g/mol. The van der Waals surface area contributed by atoms with Gasteiger partial charge in [-0.05, 0) is 50.1 Å². The van der Waals surface area contributed by atoms with Crippen LogP contribution in [0.4, 0.5) is 10.1 Å². The maximum atomic E-state index is 13.1. The van der Waals surface area contributed by atoms with Crippen LogP contribution < -0.4 is 9.64 Å². The molecule has 2 unspecified atom stereocenters. The van der Waals surface area contributed by atoms with E-state index in [9.17, 15) is 9.18 Å². The number of amides is 1. The van der Waals surface area contributed by atoms with E-state index in [2.05, 4.69) is 0 Å². The van der Waals surface area contributed by atoms with Crippen LogP contribution in [-0.2, 0) is 11.2 Å². The van der Waals surface area contributed by atoms with Crippen LogP contribution in [0.3, 0.4) is 0 Å². The van der Waals surface area contributed by atoms with Gasteiger partial charge in [-0.15, -0.1) is 0 Å². The molecule has 5 heteroatoms. The van der Waals surface area contributed by atoms with Gasteiger partial charge >= 0.3 is 0 Å². The number of fused-ring (bicyclic) bond motifs is 1. The van der Waals surface area contributed by atoms with E-state index in [-0.39, 0.29) is 17.0 Å². The Balaban J connectivity index is 1.80. The Kier molecular flexibility index (Phi) is 4.26. The molecule has 3 rings (SSSR count). The lowest BCUT2D eigenvalue weighted by atomic mass is 10.1. The third kappa shape index (κ3) is 3.04. The Morgan fingerprint density at radius 3 is 2.83 bits per heavy atom. The van der Waals surface area contributed by atoms with Gasteiger partial charge in [0.15, 0.2) is 6.10 Å². The van der Waals surface area contributed by atoms with Gasteiger partial charge in [0, 0.05) is 11.7 Å². The smallest absolute Gasteiger partial charge is 0.268 e. The van der Waals surface area contributed by atoms with Crippen LogP contribution in [0, 0.1) is 5.82 Å². The molecular formula is C18H17ClFNO2. The number of benzene rings is 2. The minimum atomic E-state index is -0.716. The summed E-state index contributed by atoms with van der Waals surface area (Å²) in [6.45, 7) is 3.69. The summed E-state index contributed by atoms with van der Waals surface area (Å²) in [6, 6.07) is 11.8. The fraction of sp³-hybridized carbons (Fsp3) is 0.278. The van der Waals surface area contributed by atoms with E-state index in [1.807, 2.05) is 31.2 Å². The van der Waals surface area contributed by atoms with E-state index in [0.29, 0.717) is 5.75 Å². The zero-order chi connectivity index (χ0) is 16.6. The van der Waals surface area contributed by atoms with Crippen LogP contribution in [0.25, 0.3) is 0 Å². The molecule has 0 aliphatic carbocycles. The van der Waals surface area contributed by atoms with E-state index in [4.69, 9.17) is 16.3 Å². The average Bonchev–Trinajstić information content (AvgIpc) is 2.85. The molecule has 3 nitrogen and oxygen atoms in total. The van der Waals surface area contributed by atoms with E-state index >= 15 is 0 Å². The van der Waals surface area contributed by atoms with Crippen molar-refractivity contribution in [2.24, 2.45) is 0 Å². The molecule has 2 aromatic rings. The fourth-order valence-electron chi connectivity index (χ4n) is 2.91. The predicted molar refractivity (Wildman–Crippen MR) is 88.6 cm³/mol. The summed E-state index contributed by atoms with van der Waals surface area (Å²) in [7, 11) is 0. The number of para-hydroxylation sites is 1. The van der Waals surface area contributed by atoms with Crippen molar-refractivity contribution < 1.29 is 13.9 Å². The van der Waals surface area contributed by atoms with Gasteiger partial charge in [-0.2, -0.15) is 0 Å². The van der Waals surface area contributed by atoms with Crippen LogP contribution >= 0.6 is 11.6 Å². The number of rotatable bonds is 3. The van der Waals surface area contributed by atoms with E-state index in [1.165, 1.54) is 18.2 Å². The van der Waals surface area contributed by atoms with Crippen molar-refractivity contribution in [3.8, 4) is 5.75 Å². The molecule has 1 heterocycles.